The lowest BCUT2D eigenvalue weighted by Gasteiger charge is -2.18. The van der Waals surface area contributed by atoms with Crippen molar-refractivity contribution in [1.29, 1.82) is 0 Å². The number of hydrogen-bond donors (Lipinski definition) is 1. The lowest BCUT2D eigenvalue weighted by molar-refractivity contribution is -0.118. The zero-order valence-electron chi connectivity index (χ0n) is 13.7. The highest BCUT2D eigenvalue weighted by Crippen LogP contribution is 2.25. The van der Waals surface area contributed by atoms with E-state index in [1.165, 1.54) is 23.1 Å². The molecule has 26 heavy (non-hydrogen) atoms. The van der Waals surface area contributed by atoms with Crippen LogP contribution < -0.4 is 9.62 Å². The van der Waals surface area contributed by atoms with E-state index in [2.05, 4.69) is 4.72 Å². The number of rotatable bonds is 4. The highest BCUT2D eigenvalue weighted by Gasteiger charge is 2.36. The normalized spacial score (nSPS) is 17.8. The summed E-state index contributed by atoms with van der Waals surface area (Å²) in [5, 5.41) is 0. The molecule has 0 unspecified atom stereocenters. The molecule has 9 heteroatoms. The van der Waals surface area contributed by atoms with Crippen LogP contribution in [-0.4, -0.2) is 26.9 Å². The van der Waals surface area contributed by atoms with E-state index in [0.29, 0.717) is 23.4 Å². The van der Waals surface area contributed by atoms with Crippen LogP contribution in [0.15, 0.2) is 41.3 Å². The molecule has 0 aromatic heterocycles. The summed E-state index contributed by atoms with van der Waals surface area (Å²) in [4.78, 5) is 13.0. The van der Waals surface area contributed by atoms with Crippen molar-refractivity contribution in [2.24, 2.45) is 0 Å². The maximum Gasteiger partial charge on any atom is 0.245 e. The van der Waals surface area contributed by atoms with Crippen LogP contribution in [0.25, 0.3) is 0 Å². The van der Waals surface area contributed by atoms with Crippen LogP contribution in [0.3, 0.4) is 0 Å². The third-order valence-corrected chi connectivity index (χ3v) is 5.63. The number of sulfonamides is 1. The summed E-state index contributed by atoms with van der Waals surface area (Å²) in [7, 11) is -4.42. The lowest BCUT2D eigenvalue weighted by atomic mass is 10.2. The van der Waals surface area contributed by atoms with Gasteiger partial charge >= 0.3 is 0 Å². The molecule has 1 atom stereocenters. The molecule has 3 rings (SSSR count). The Balaban J connectivity index is 1.82. The Morgan fingerprint density at radius 2 is 1.77 bits per heavy atom. The molecule has 1 fully saturated rings. The molecule has 5 nitrogen and oxygen atoms in total. The fraction of sp³-hybridized carbons (Fsp3) is 0.235. The predicted octanol–water partition coefficient (Wildman–Crippen LogP) is 2.50. The van der Waals surface area contributed by atoms with Crippen LogP contribution in [0.1, 0.15) is 12.0 Å². The van der Waals surface area contributed by atoms with Crippen molar-refractivity contribution in [2.45, 2.75) is 24.3 Å². The van der Waals surface area contributed by atoms with E-state index in [9.17, 15) is 26.4 Å². The number of hydrogen-bond acceptors (Lipinski definition) is 3. The quantitative estimate of drug-likeness (QED) is 0.881. The first-order valence-corrected chi connectivity index (χ1v) is 9.22. The van der Waals surface area contributed by atoms with Crippen molar-refractivity contribution >= 4 is 21.6 Å². The average Bonchev–Trinajstić information content (AvgIpc) is 2.92. The number of aryl methyl sites for hydroxylation is 1. The molecule has 1 heterocycles. The molecule has 1 saturated heterocycles. The third kappa shape index (κ3) is 3.45. The van der Waals surface area contributed by atoms with E-state index >= 15 is 0 Å². The number of amides is 1. The van der Waals surface area contributed by atoms with Gasteiger partial charge in [-0.15, -0.1) is 0 Å². The van der Waals surface area contributed by atoms with Crippen LogP contribution in [0.2, 0.25) is 0 Å². The zero-order chi connectivity index (χ0) is 19.1. The first kappa shape index (κ1) is 18.4. The number of halogens is 3. The molecule has 0 spiro atoms. The van der Waals surface area contributed by atoms with Gasteiger partial charge in [0.2, 0.25) is 15.9 Å². The number of nitrogens with zero attached hydrogens (tertiary/aromatic N) is 1. The molecule has 0 radical (unpaired) electrons. The molecule has 0 bridgehead atoms. The Labute approximate surface area is 148 Å². The molecule has 1 N–H and O–H groups in total. The van der Waals surface area contributed by atoms with Gasteiger partial charge in [0, 0.05) is 12.2 Å². The molecule has 1 aliphatic rings. The number of carbonyl (C=O) groups excluding carboxylic acids is 1. The summed E-state index contributed by atoms with van der Waals surface area (Å²) in [6.07, 6.45) is 0.144. The van der Waals surface area contributed by atoms with Gasteiger partial charge in [-0.3, -0.25) is 4.79 Å². The Kier molecular flexibility index (Phi) is 4.76. The second-order valence-corrected chi connectivity index (χ2v) is 7.64. The Bertz CT molecular complexity index is 979. The van der Waals surface area contributed by atoms with Crippen LogP contribution in [0, 0.1) is 24.4 Å². The predicted molar refractivity (Wildman–Crippen MR) is 88.6 cm³/mol. The monoisotopic (exact) mass is 384 g/mol. The molecule has 1 amide bonds. The van der Waals surface area contributed by atoms with Gasteiger partial charge < -0.3 is 4.90 Å². The largest absolute Gasteiger partial charge is 0.311 e. The van der Waals surface area contributed by atoms with Gasteiger partial charge in [-0.25, -0.2) is 21.6 Å². The summed E-state index contributed by atoms with van der Waals surface area (Å²) in [6, 6.07) is 5.06. The van der Waals surface area contributed by atoms with Crippen molar-refractivity contribution in [3.63, 3.8) is 0 Å². The maximum atomic E-state index is 13.7. The maximum absolute atomic E-state index is 13.7. The minimum Gasteiger partial charge on any atom is -0.311 e. The number of benzene rings is 2. The van der Waals surface area contributed by atoms with Crippen LogP contribution in [-0.2, 0) is 14.8 Å². The first-order chi connectivity index (χ1) is 12.2. The second-order valence-electron chi connectivity index (χ2n) is 5.96. The summed E-state index contributed by atoms with van der Waals surface area (Å²) in [6.45, 7) is 1.76. The Hall–Kier alpha value is -2.39. The lowest BCUT2D eigenvalue weighted by Crippen LogP contribution is -2.41. The van der Waals surface area contributed by atoms with E-state index in [4.69, 9.17) is 0 Å². The molecule has 2 aromatic rings. The molecule has 1 aliphatic heterocycles. The van der Waals surface area contributed by atoms with E-state index in [1.807, 2.05) is 0 Å². The van der Waals surface area contributed by atoms with Crippen molar-refractivity contribution in [3.05, 3.63) is 59.4 Å². The third-order valence-electron chi connectivity index (χ3n) is 4.14. The van der Waals surface area contributed by atoms with E-state index in [-0.39, 0.29) is 13.0 Å². The van der Waals surface area contributed by atoms with E-state index < -0.39 is 44.3 Å². The van der Waals surface area contributed by atoms with Crippen molar-refractivity contribution in [1.82, 2.24) is 4.72 Å². The second kappa shape index (κ2) is 6.73. The molecule has 0 saturated carbocycles. The molecule has 2 aromatic carbocycles. The smallest absolute Gasteiger partial charge is 0.245 e. The minimum absolute atomic E-state index is 0.144. The first-order valence-electron chi connectivity index (χ1n) is 7.74. The van der Waals surface area contributed by atoms with Crippen molar-refractivity contribution in [2.75, 3.05) is 11.4 Å². The fourth-order valence-electron chi connectivity index (χ4n) is 2.78. The van der Waals surface area contributed by atoms with Crippen LogP contribution in [0.4, 0.5) is 18.9 Å². The summed E-state index contributed by atoms with van der Waals surface area (Å²) in [5.41, 5.74) is 0.786. The van der Waals surface area contributed by atoms with Gasteiger partial charge in [0.05, 0.1) is 0 Å². The molecule has 0 aliphatic carbocycles. The minimum atomic E-state index is -4.42. The number of nitrogens with one attached hydrogen (secondary N) is 1. The highest BCUT2D eigenvalue weighted by molar-refractivity contribution is 7.89. The number of anilines is 1. The SMILES string of the molecule is Cc1cc(N2CC[C@@H](NS(=O)(=O)c3cc(F)ccc3F)C2=O)ccc1F. The van der Waals surface area contributed by atoms with Gasteiger partial charge in [-0.2, -0.15) is 4.72 Å². The average molecular weight is 384 g/mol. The fourth-order valence-corrected chi connectivity index (χ4v) is 4.09. The van der Waals surface area contributed by atoms with E-state index in [1.54, 1.807) is 6.92 Å². The topological polar surface area (TPSA) is 66.5 Å². The molecule has 138 valence electrons. The summed E-state index contributed by atoms with van der Waals surface area (Å²) < 4.78 is 67.1. The highest BCUT2D eigenvalue weighted by atomic mass is 32.2. The summed E-state index contributed by atoms with van der Waals surface area (Å²) >= 11 is 0. The van der Waals surface area contributed by atoms with Gasteiger partial charge in [0.15, 0.2) is 0 Å². The number of carbonyl (C=O) groups is 1. The van der Waals surface area contributed by atoms with Gasteiger partial charge in [0.25, 0.3) is 0 Å². The van der Waals surface area contributed by atoms with Crippen molar-refractivity contribution < 1.29 is 26.4 Å². The van der Waals surface area contributed by atoms with Gasteiger partial charge in [-0.1, -0.05) is 0 Å². The van der Waals surface area contributed by atoms with Gasteiger partial charge in [-0.05, 0) is 55.3 Å². The van der Waals surface area contributed by atoms with Crippen LogP contribution >= 0.6 is 0 Å². The Morgan fingerprint density at radius 1 is 1.08 bits per heavy atom. The van der Waals surface area contributed by atoms with Crippen LogP contribution in [0.5, 0.6) is 0 Å². The Morgan fingerprint density at radius 3 is 2.46 bits per heavy atom. The van der Waals surface area contributed by atoms with E-state index in [0.717, 1.165) is 6.07 Å². The van der Waals surface area contributed by atoms with Crippen molar-refractivity contribution in [3.8, 4) is 0 Å². The van der Waals surface area contributed by atoms with Gasteiger partial charge in [0.1, 0.15) is 28.4 Å². The zero-order valence-corrected chi connectivity index (χ0v) is 14.5. The summed E-state index contributed by atoms with van der Waals surface area (Å²) in [5.74, 6) is -2.99. The molecular weight excluding hydrogens is 369 g/mol. The molecular formula is C17H15F3N2O3S. The standard InChI is InChI=1S/C17H15F3N2O3S/c1-10-8-12(3-5-13(10)19)22-7-6-15(17(22)23)21-26(24,25)16-9-11(18)2-4-14(16)20/h2-5,8-9,15,21H,6-7H2,1H3/t15-/m1/s1.